The first-order valence-electron chi connectivity index (χ1n) is 9.15. The highest BCUT2D eigenvalue weighted by molar-refractivity contribution is 5.98. The molecule has 150 valence electrons. The minimum Gasteiger partial charge on any atom is -0.465 e. The van der Waals surface area contributed by atoms with Crippen LogP contribution < -0.4 is 5.73 Å². The molecule has 0 aliphatic carbocycles. The van der Waals surface area contributed by atoms with E-state index in [4.69, 9.17) is 15.2 Å². The Labute approximate surface area is 169 Å². The van der Waals surface area contributed by atoms with Crippen LogP contribution in [-0.4, -0.2) is 29.7 Å². The Kier molecular flexibility index (Phi) is 5.21. The third kappa shape index (κ3) is 4.16. The number of ether oxygens (including phenoxy) is 2. The number of nitriles is 1. The van der Waals surface area contributed by atoms with Crippen molar-refractivity contribution in [1.29, 1.82) is 5.26 Å². The third-order valence-corrected chi connectivity index (χ3v) is 4.57. The van der Waals surface area contributed by atoms with Crippen molar-refractivity contribution in [1.82, 2.24) is 4.90 Å². The Hall–Kier alpha value is -3.53. The van der Waals surface area contributed by atoms with Gasteiger partial charge in [-0.3, -0.25) is 4.90 Å². The van der Waals surface area contributed by atoms with Crippen molar-refractivity contribution in [2.45, 2.75) is 39.5 Å². The average molecular weight is 393 g/mol. The first-order chi connectivity index (χ1) is 13.6. The van der Waals surface area contributed by atoms with Crippen molar-refractivity contribution in [3.8, 4) is 17.2 Å². The van der Waals surface area contributed by atoms with E-state index in [2.05, 4.69) is 0 Å². The van der Waals surface area contributed by atoms with E-state index in [1.54, 1.807) is 23.1 Å². The number of hydrogen-bond acceptors (Lipinski definition) is 6. The number of amides is 1. The van der Waals surface area contributed by atoms with Gasteiger partial charge in [0.25, 0.3) is 0 Å². The molecule has 1 aliphatic rings. The van der Waals surface area contributed by atoms with Gasteiger partial charge >= 0.3 is 12.1 Å². The number of nitrogen functional groups attached to an aromatic ring is 1. The van der Waals surface area contributed by atoms with Gasteiger partial charge in [0.1, 0.15) is 5.60 Å². The van der Waals surface area contributed by atoms with Gasteiger partial charge in [0, 0.05) is 12.2 Å². The highest BCUT2D eigenvalue weighted by Gasteiger charge is 2.30. The summed E-state index contributed by atoms with van der Waals surface area (Å²) in [5.41, 5.74) is 9.77. The number of hydrogen-bond donors (Lipinski definition) is 1. The summed E-state index contributed by atoms with van der Waals surface area (Å²) in [4.78, 5) is 26.5. The van der Waals surface area contributed by atoms with Gasteiger partial charge in [0.2, 0.25) is 0 Å². The minimum absolute atomic E-state index is 0.273. The Bertz CT molecular complexity index is 1030. The monoisotopic (exact) mass is 393 g/mol. The second-order valence-electron chi connectivity index (χ2n) is 7.91. The summed E-state index contributed by atoms with van der Waals surface area (Å²) in [5, 5.41) is 9.19. The van der Waals surface area contributed by atoms with Crippen molar-refractivity contribution in [3.63, 3.8) is 0 Å². The van der Waals surface area contributed by atoms with Crippen LogP contribution in [0.15, 0.2) is 30.3 Å². The zero-order valence-electron chi connectivity index (χ0n) is 16.9. The molecular weight excluding hydrogens is 370 g/mol. The number of rotatable bonds is 2. The molecule has 0 radical (unpaired) electrons. The molecule has 1 amide bonds. The molecule has 0 unspecified atom stereocenters. The summed E-state index contributed by atoms with van der Waals surface area (Å²) >= 11 is 0. The SMILES string of the molecule is COC(=O)c1cc(C#N)ccc1-c1cc(N)cc2c1CN(C(=O)OC(C)(C)C)C2. The van der Waals surface area contributed by atoms with Crippen LogP contribution in [0.5, 0.6) is 0 Å². The number of anilines is 1. The molecular formula is C22H23N3O4. The zero-order chi connectivity index (χ0) is 21.3. The molecule has 0 saturated carbocycles. The Morgan fingerprint density at radius 3 is 2.48 bits per heavy atom. The second kappa shape index (κ2) is 7.47. The van der Waals surface area contributed by atoms with E-state index in [0.29, 0.717) is 29.9 Å². The number of nitrogens with zero attached hydrogens (tertiary/aromatic N) is 2. The maximum atomic E-state index is 12.5. The summed E-state index contributed by atoms with van der Waals surface area (Å²) in [6, 6.07) is 10.5. The summed E-state index contributed by atoms with van der Waals surface area (Å²) < 4.78 is 10.4. The number of carbonyl (C=O) groups excluding carboxylic acids is 2. The van der Waals surface area contributed by atoms with Crippen LogP contribution in [-0.2, 0) is 22.6 Å². The maximum Gasteiger partial charge on any atom is 0.410 e. The van der Waals surface area contributed by atoms with Gasteiger partial charge in [-0.15, -0.1) is 0 Å². The molecule has 0 saturated heterocycles. The fourth-order valence-corrected chi connectivity index (χ4v) is 3.36. The number of esters is 1. The van der Waals surface area contributed by atoms with Gasteiger partial charge in [-0.1, -0.05) is 6.07 Å². The molecule has 0 atom stereocenters. The van der Waals surface area contributed by atoms with E-state index in [-0.39, 0.29) is 5.56 Å². The average Bonchev–Trinajstić information content (AvgIpc) is 3.09. The van der Waals surface area contributed by atoms with E-state index in [0.717, 1.165) is 16.7 Å². The van der Waals surface area contributed by atoms with Crippen LogP contribution in [0.2, 0.25) is 0 Å². The van der Waals surface area contributed by atoms with Gasteiger partial charge in [0.05, 0.1) is 30.9 Å². The summed E-state index contributed by atoms with van der Waals surface area (Å²) in [6.07, 6.45) is -0.411. The number of fused-ring (bicyclic) bond motifs is 1. The summed E-state index contributed by atoms with van der Waals surface area (Å²) in [5.74, 6) is -0.546. The number of benzene rings is 2. The highest BCUT2D eigenvalue weighted by atomic mass is 16.6. The van der Waals surface area contributed by atoms with Crippen LogP contribution in [0, 0.1) is 11.3 Å². The predicted octanol–water partition coefficient (Wildman–Crippen LogP) is 3.84. The molecule has 7 nitrogen and oxygen atoms in total. The molecule has 1 heterocycles. The summed E-state index contributed by atoms with van der Waals surface area (Å²) in [6.45, 7) is 6.15. The lowest BCUT2D eigenvalue weighted by molar-refractivity contribution is 0.0241. The molecule has 1 aliphatic heterocycles. The first kappa shape index (κ1) is 20.2. The van der Waals surface area contributed by atoms with Gasteiger partial charge in [-0.2, -0.15) is 5.26 Å². The van der Waals surface area contributed by atoms with Crippen molar-refractivity contribution < 1.29 is 19.1 Å². The van der Waals surface area contributed by atoms with Crippen molar-refractivity contribution in [3.05, 3.63) is 52.6 Å². The summed E-state index contributed by atoms with van der Waals surface area (Å²) in [7, 11) is 1.29. The van der Waals surface area contributed by atoms with Crippen LogP contribution >= 0.6 is 0 Å². The molecule has 0 spiro atoms. The maximum absolute atomic E-state index is 12.5. The first-order valence-corrected chi connectivity index (χ1v) is 9.15. The van der Waals surface area contributed by atoms with E-state index in [9.17, 15) is 14.9 Å². The van der Waals surface area contributed by atoms with Crippen molar-refractivity contribution >= 4 is 17.7 Å². The molecule has 29 heavy (non-hydrogen) atoms. The van der Waals surface area contributed by atoms with Gasteiger partial charge < -0.3 is 15.2 Å². The standard InChI is InChI=1S/C22H23N3O4/c1-22(2,3)29-21(27)25-11-14-8-15(24)9-17(19(14)12-25)16-6-5-13(10-23)7-18(16)20(26)28-4/h5-9H,11-12,24H2,1-4H3. The Morgan fingerprint density at radius 1 is 1.14 bits per heavy atom. The van der Waals surface area contributed by atoms with Gasteiger partial charge in [-0.25, -0.2) is 9.59 Å². The van der Waals surface area contributed by atoms with E-state index >= 15 is 0 Å². The number of methoxy groups -OCH3 is 1. The van der Waals surface area contributed by atoms with Gasteiger partial charge in [0.15, 0.2) is 0 Å². The molecule has 0 bridgehead atoms. The molecule has 2 aromatic rings. The van der Waals surface area contributed by atoms with Crippen LogP contribution in [0.4, 0.5) is 10.5 Å². The quantitative estimate of drug-likeness (QED) is 0.614. The second-order valence-corrected chi connectivity index (χ2v) is 7.91. The number of nitrogens with two attached hydrogens (primary N) is 1. The van der Waals surface area contributed by atoms with Gasteiger partial charge in [-0.05, 0) is 67.3 Å². The lowest BCUT2D eigenvalue weighted by atomic mass is 9.92. The predicted molar refractivity (Wildman–Crippen MR) is 108 cm³/mol. The van der Waals surface area contributed by atoms with E-state index in [1.807, 2.05) is 32.9 Å². The van der Waals surface area contributed by atoms with Crippen LogP contribution in [0.1, 0.15) is 47.8 Å². The fourth-order valence-electron chi connectivity index (χ4n) is 3.36. The van der Waals surface area contributed by atoms with Crippen LogP contribution in [0.3, 0.4) is 0 Å². The lowest BCUT2D eigenvalue weighted by Crippen LogP contribution is -2.33. The van der Waals surface area contributed by atoms with Crippen molar-refractivity contribution in [2.24, 2.45) is 0 Å². The molecule has 0 fully saturated rings. The minimum atomic E-state index is -0.598. The Balaban J connectivity index is 2.07. The van der Waals surface area contributed by atoms with Crippen molar-refractivity contribution in [2.75, 3.05) is 12.8 Å². The largest absolute Gasteiger partial charge is 0.465 e. The molecule has 7 heteroatoms. The zero-order valence-corrected chi connectivity index (χ0v) is 16.9. The van der Waals surface area contributed by atoms with E-state index in [1.165, 1.54) is 13.2 Å². The van der Waals surface area contributed by atoms with Crippen LogP contribution in [0.25, 0.3) is 11.1 Å². The molecule has 2 aromatic carbocycles. The molecule has 2 N–H and O–H groups in total. The molecule has 0 aromatic heterocycles. The highest BCUT2D eigenvalue weighted by Crippen LogP contribution is 2.37. The third-order valence-electron chi connectivity index (χ3n) is 4.57. The lowest BCUT2D eigenvalue weighted by Gasteiger charge is -2.24. The number of carbonyl (C=O) groups is 2. The normalized spacial score (nSPS) is 12.9. The van der Waals surface area contributed by atoms with E-state index < -0.39 is 17.7 Å². The topological polar surface area (TPSA) is 106 Å². The smallest absolute Gasteiger partial charge is 0.410 e. The fraction of sp³-hybridized carbons (Fsp3) is 0.318. The Morgan fingerprint density at radius 2 is 1.86 bits per heavy atom. The molecule has 3 rings (SSSR count).